The highest BCUT2D eigenvalue weighted by molar-refractivity contribution is 7.05. The number of nitrogens with zero attached hydrogens (tertiary/aromatic N) is 2. The molecule has 1 heterocycles. The van der Waals surface area contributed by atoms with E-state index in [-0.39, 0.29) is 5.82 Å². The van der Waals surface area contributed by atoms with Gasteiger partial charge in [0.15, 0.2) is 0 Å². The van der Waals surface area contributed by atoms with Gasteiger partial charge in [0, 0.05) is 0 Å². The van der Waals surface area contributed by atoms with Crippen LogP contribution in [0.25, 0.3) is 0 Å². The Morgan fingerprint density at radius 1 is 1.70 bits per heavy atom. The Labute approximate surface area is 62.0 Å². The van der Waals surface area contributed by atoms with Crippen LogP contribution in [0.4, 0.5) is 0 Å². The van der Waals surface area contributed by atoms with E-state index in [2.05, 4.69) is 14.1 Å². The van der Waals surface area contributed by atoms with Gasteiger partial charge in [0.05, 0.1) is 7.11 Å². The highest BCUT2D eigenvalue weighted by atomic mass is 32.1. The predicted molar refractivity (Wildman–Crippen MR) is 36.0 cm³/mol. The van der Waals surface area contributed by atoms with Crippen molar-refractivity contribution < 1.29 is 9.53 Å². The van der Waals surface area contributed by atoms with Gasteiger partial charge in [0.25, 0.3) is 5.82 Å². The molecule has 0 radical (unpaired) electrons. The van der Waals surface area contributed by atoms with Gasteiger partial charge in [-0.3, -0.25) is 0 Å². The first-order valence-corrected chi connectivity index (χ1v) is 3.40. The molecule has 0 aliphatic heterocycles. The summed E-state index contributed by atoms with van der Waals surface area (Å²) < 4.78 is 8.13. The highest BCUT2D eigenvalue weighted by Gasteiger charge is 2.09. The summed E-state index contributed by atoms with van der Waals surface area (Å²) >= 11 is 1.19. The number of rotatable bonds is 1. The van der Waals surface area contributed by atoms with Crippen molar-refractivity contribution in [2.24, 2.45) is 0 Å². The minimum absolute atomic E-state index is 0.144. The molecule has 0 spiro atoms. The van der Waals surface area contributed by atoms with Crippen LogP contribution in [0.15, 0.2) is 0 Å². The molecule has 1 aromatic rings. The molecule has 0 aliphatic rings. The van der Waals surface area contributed by atoms with Crippen LogP contribution in [0, 0.1) is 6.92 Å². The second-order valence-corrected chi connectivity index (χ2v) is 2.58. The first-order valence-electron chi connectivity index (χ1n) is 2.62. The Bertz CT molecular complexity index is 246. The number of carbonyl (C=O) groups is 1. The van der Waals surface area contributed by atoms with E-state index in [0.717, 1.165) is 5.01 Å². The van der Waals surface area contributed by atoms with Gasteiger partial charge in [-0.25, -0.2) is 9.78 Å². The Kier molecular flexibility index (Phi) is 1.96. The molecule has 54 valence electrons. The molecule has 0 N–H and O–H groups in total. The van der Waals surface area contributed by atoms with E-state index in [4.69, 9.17) is 0 Å². The lowest BCUT2D eigenvalue weighted by Crippen LogP contribution is -2.02. The van der Waals surface area contributed by atoms with Crippen molar-refractivity contribution in [1.82, 2.24) is 9.36 Å². The third-order valence-electron chi connectivity index (χ3n) is 0.896. The van der Waals surface area contributed by atoms with Gasteiger partial charge in [-0.15, -0.1) is 0 Å². The van der Waals surface area contributed by atoms with Crippen molar-refractivity contribution in [3.05, 3.63) is 10.8 Å². The smallest absolute Gasteiger partial charge is 0.377 e. The summed E-state index contributed by atoms with van der Waals surface area (Å²) in [6, 6.07) is 0. The summed E-state index contributed by atoms with van der Waals surface area (Å²) in [5.74, 6) is -0.339. The number of carbonyl (C=O) groups excluding carboxylic acids is 1. The molecule has 0 atom stereocenters. The number of hydrogen-bond acceptors (Lipinski definition) is 5. The van der Waals surface area contributed by atoms with Gasteiger partial charge in [-0.1, -0.05) is 0 Å². The quantitative estimate of drug-likeness (QED) is 0.562. The maximum Gasteiger partial charge on any atom is 0.377 e. The van der Waals surface area contributed by atoms with E-state index in [0.29, 0.717) is 0 Å². The topological polar surface area (TPSA) is 52.1 Å². The summed E-state index contributed by atoms with van der Waals surface area (Å²) in [5.41, 5.74) is 0. The predicted octanol–water partition coefficient (Wildman–Crippen LogP) is 0.633. The molecule has 0 amide bonds. The number of methoxy groups -OCH3 is 1. The Morgan fingerprint density at radius 3 is 2.80 bits per heavy atom. The number of aromatic nitrogens is 2. The SMILES string of the molecule is COC(=O)c1nsc(C)n1. The zero-order valence-electron chi connectivity index (χ0n) is 5.62. The molecular formula is C5H6N2O2S. The van der Waals surface area contributed by atoms with Gasteiger partial charge in [0.1, 0.15) is 5.01 Å². The van der Waals surface area contributed by atoms with Crippen molar-refractivity contribution in [1.29, 1.82) is 0 Å². The number of ether oxygens (including phenoxy) is 1. The lowest BCUT2D eigenvalue weighted by molar-refractivity contribution is 0.0588. The van der Waals surface area contributed by atoms with Gasteiger partial charge < -0.3 is 4.74 Å². The van der Waals surface area contributed by atoms with Crippen molar-refractivity contribution >= 4 is 17.5 Å². The molecule has 5 heteroatoms. The maximum absolute atomic E-state index is 10.7. The largest absolute Gasteiger partial charge is 0.463 e. The Hall–Kier alpha value is -0.970. The Morgan fingerprint density at radius 2 is 2.40 bits per heavy atom. The highest BCUT2D eigenvalue weighted by Crippen LogP contribution is 2.02. The van der Waals surface area contributed by atoms with E-state index >= 15 is 0 Å². The summed E-state index contributed by atoms with van der Waals surface area (Å²) in [4.78, 5) is 14.5. The van der Waals surface area contributed by atoms with Crippen LogP contribution in [0.1, 0.15) is 15.6 Å². The molecular weight excluding hydrogens is 152 g/mol. The van der Waals surface area contributed by atoms with Gasteiger partial charge in [0.2, 0.25) is 0 Å². The summed E-state index contributed by atoms with van der Waals surface area (Å²) in [6.45, 7) is 1.78. The number of esters is 1. The van der Waals surface area contributed by atoms with Crippen LogP contribution >= 0.6 is 11.5 Å². The van der Waals surface area contributed by atoms with E-state index in [1.165, 1.54) is 18.6 Å². The maximum atomic E-state index is 10.7. The summed E-state index contributed by atoms with van der Waals surface area (Å²) in [7, 11) is 1.30. The van der Waals surface area contributed by atoms with Crippen LogP contribution < -0.4 is 0 Å². The van der Waals surface area contributed by atoms with Crippen LogP contribution in [-0.4, -0.2) is 22.4 Å². The molecule has 4 nitrogen and oxygen atoms in total. The minimum Gasteiger partial charge on any atom is -0.463 e. The van der Waals surface area contributed by atoms with Gasteiger partial charge >= 0.3 is 5.97 Å². The van der Waals surface area contributed by atoms with Crippen molar-refractivity contribution in [3.63, 3.8) is 0 Å². The number of hydrogen-bond donors (Lipinski definition) is 0. The average molecular weight is 158 g/mol. The lowest BCUT2D eigenvalue weighted by Gasteiger charge is -1.88. The molecule has 0 saturated carbocycles. The summed E-state index contributed by atoms with van der Waals surface area (Å²) in [5, 5.41) is 0.764. The van der Waals surface area contributed by atoms with Crippen molar-refractivity contribution in [2.75, 3.05) is 7.11 Å². The van der Waals surface area contributed by atoms with Crippen molar-refractivity contribution in [3.8, 4) is 0 Å². The van der Waals surface area contributed by atoms with Crippen LogP contribution in [-0.2, 0) is 4.74 Å². The van der Waals surface area contributed by atoms with E-state index in [1.54, 1.807) is 6.92 Å². The molecule has 1 rings (SSSR count). The third kappa shape index (κ3) is 1.30. The van der Waals surface area contributed by atoms with Crippen molar-refractivity contribution in [2.45, 2.75) is 6.92 Å². The first-order chi connectivity index (χ1) is 4.74. The molecule has 0 aliphatic carbocycles. The second-order valence-electron chi connectivity index (χ2n) is 1.63. The monoisotopic (exact) mass is 158 g/mol. The van der Waals surface area contributed by atoms with Crippen LogP contribution in [0.5, 0.6) is 0 Å². The zero-order valence-corrected chi connectivity index (χ0v) is 6.44. The Balaban J connectivity index is 2.85. The van der Waals surface area contributed by atoms with Crippen LogP contribution in [0.3, 0.4) is 0 Å². The standard InChI is InChI=1S/C5H6N2O2S/c1-3-6-4(7-10-3)5(8)9-2/h1-2H3. The fraction of sp³-hybridized carbons (Fsp3) is 0.400. The first kappa shape index (κ1) is 7.14. The molecule has 0 bridgehead atoms. The molecule has 0 aromatic carbocycles. The zero-order chi connectivity index (χ0) is 7.56. The molecule has 10 heavy (non-hydrogen) atoms. The molecule has 0 fully saturated rings. The average Bonchev–Trinajstić information content (AvgIpc) is 2.34. The molecule has 1 aromatic heterocycles. The minimum atomic E-state index is -0.482. The third-order valence-corrected chi connectivity index (χ3v) is 1.52. The fourth-order valence-corrected chi connectivity index (χ4v) is 0.935. The lowest BCUT2D eigenvalue weighted by atomic mass is 10.6. The fourth-order valence-electron chi connectivity index (χ4n) is 0.473. The van der Waals surface area contributed by atoms with E-state index in [9.17, 15) is 4.79 Å². The molecule has 0 unspecified atom stereocenters. The molecule has 0 saturated heterocycles. The summed E-state index contributed by atoms with van der Waals surface area (Å²) in [6.07, 6.45) is 0. The number of aryl methyl sites for hydroxylation is 1. The second kappa shape index (κ2) is 2.74. The normalized spacial score (nSPS) is 9.40. The van der Waals surface area contributed by atoms with Gasteiger partial charge in [-0.2, -0.15) is 4.37 Å². The van der Waals surface area contributed by atoms with E-state index in [1.807, 2.05) is 0 Å². The van der Waals surface area contributed by atoms with Gasteiger partial charge in [-0.05, 0) is 18.5 Å². The van der Waals surface area contributed by atoms with E-state index < -0.39 is 5.97 Å². The van der Waals surface area contributed by atoms with Crippen LogP contribution in [0.2, 0.25) is 0 Å².